The van der Waals surface area contributed by atoms with Crippen LogP contribution in [0.15, 0.2) is 29.6 Å². The number of aryl methyl sites for hydroxylation is 1. The van der Waals surface area contributed by atoms with E-state index in [4.69, 9.17) is 21.2 Å². The van der Waals surface area contributed by atoms with Crippen molar-refractivity contribution in [3.8, 4) is 16.5 Å². The summed E-state index contributed by atoms with van der Waals surface area (Å²) in [6, 6.07) is 5.48. The van der Waals surface area contributed by atoms with E-state index in [0.717, 1.165) is 27.7 Å². The first kappa shape index (κ1) is 21.8. The normalized spacial score (nSPS) is 14.6. The van der Waals surface area contributed by atoms with Crippen LogP contribution in [0.4, 0.5) is 11.6 Å². The molecule has 0 aromatic carbocycles. The second-order valence-corrected chi connectivity index (χ2v) is 9.59. The molecule has 0 unspecified atom stereocenters. The van der Waals surface area contributed by atoms with Crippen LogP contribution in [-0.4, -0.2) is 51.1 Å². The highest BCUT2D eigenvalue weighted by Crippen LogP contribution is 2.32. The van der Waals surface area contributed by atoms with Gasteiger partial charge in [0, 0.05) is 41.1 Å². The molecule has 0 atom stereocenters. The summed E-state index contributed by atoms with van der Waals surface area (Å²) in [5.41, 5.74) is 13.5. The van der Waals surface area contributed by atoms with Gasteiger partial charge in [-0.3, -0.25) is 4.90 Å². The first-order chi connectivity index (χ1) is 15.1. The summed E-state index contributed by atoms with van der Waals surface area (Å²) in [5, 5.41) is 1.50. The molecule has 1 aliphatic rings. The molecule has 4 heterocycles. The lowest BCUT2D eigenvalue weighted by molar-refractivity contribution is 0.180. The number of nitrogen functional groups attached to an aromatic ring is 2. The van der Waals surface area contributed by atoms with Crippen LogP contribution in [0.1, 0.15) is 29.8 Å². The van der Waals surface area contributed by atoms with Crippen molar-refractivity contribution in [1.82, 2.24) is 24.8 Å². The van der Waals surface area contributed by atoms with E-state index in [1.54, 1.807) is 23.6 Å². The average molecular weight is 458 g/mol. The van der Waals surface area contributed by atoms with Crippen molar-refractivity contribution >= 4 is 34.7 Å². The molecule has 1 fully saturated rings. The molecule has 8 nitrogen and oxygen atoms in total. The molecule has 1 saturated heterocycles. The van der Waals surface area contributed by atoms with Crippen LogP contribution in [-0.2, 0) is 5.75 Å². The zero-order valence-electron chi connectivity index (χ0n) is 17.6. The molecule has 164 valence electrons. The Morgan fingerprint density at radius 2 is 1.87 bits per heavy atom. The van der Waals surface area contributed by atoms with Gasteiger partial charge in [0.1, 0.15) is 23.3 Å². The van der Waals surface area contributed by atoms with Crippen LogP contribution in [0.25, 0.3) is 10.6 Å². The van der Waals surface area contributed by atoms with Crippen LogP contribution < -0.4 is 16.2 Å². The molecule has 3 aromatic rings. The minimum atomic E-state index is 0.371. The molecule has 3 aromatic heterocycles. The molecule has 0 amide bonds. The van der Waals surface area contributed by atoms with Crippen molar-refractivity contribution < 1.29 is 4.74 Å². The van der Waals surface area contributed by atoms with Gasteiger partial charge >= 0.3 is 0 Å². The van der Waals surface area contributed by atoms with E-state index in [0.29, 0.717) is 35.0 Å². The second kappa shape index (κ2) is 10.3. The lowest BCUT2D eigenvalue weighted by Gasteiger charge is -2.26. The lowest BCUT2D eigenvalue weighted by Crippen LogP contribution is -2.33. The quantitative estimate of drug-likeness (QED) is 0.386. The third-order valence-electron chi connectivity index (χ3n) is 5.06. The smallest absolute Gasteiger partial charge is 0.213 e. The van der Waals surface area contributed by atoms with Gasteiger partial charge in [-0.1, -0.05) is 18.2 Å². The molecule has 4 rings (SSSR count). The van der Waals surface area contributed by atoms with Gasteiger partial charge in [-0.2, -0.15) is 0 Å². The number of hydrogen-bond donors (Lipinski definition) is 2. The summed E-state index contributed by atoms with van der Waals surface area (Å²) in [6.07, 6.45) is 5.69. The Morgan fingerprint density at radius 1 is 1.10 bits per heavy atom. The molecule has 4 N–H and O–H groups in total. The highest BCUT2D eigenvalue weighted by Gasteiger charge is 2.13. The van der Waals surface area contributed by atoms with Crippen LogP contribution in [0.3, 0.4) is 0 Å². The van der Waals surface area contributed by atoms with Gasteiger partial charge in [-0.25, -0.2) is 19.9 Å². The monoisotopic (exact) mass is 457 g/mol. The number of aromatic nitrogens is 4. The van der Waals surface area contributed by atoms with Crippen LogP contribution in [0.5, 0.6) is 5.88 Å². The standard InChI is InChI=1S/C21H27N7OS2/c1-14-16(13-30-21-26-17(22)12-18(23)27-21)25-20(31-14)15-5-6-24-19(11-15)29-10-9-28-7-3-2-4-8-28/h5-6,11-12H,2-4,7-10,13H2,1H3,(H4,22,23,26,27). The van der Waals surface area contributed by atoms with Crippen LogP contribution in [0.2, 0.25) is 0 Å². The van der Waals surface area contributed by atoms with Crippen molar-refractivity contribution in [3.63, 3.8) is 0 Å². The third-order valence-corrected chi connectivity index (χ3v) is 6.98. The van der Waals surface area contributed by atoms with E-state index < -0.39 is 0 Å². The molecule has 0 bridgehead atoms. The molecule has 1 aliphatic heterocycles. The number of ether oxygens (including phenoxy) is 1. The highest BCUT2D eigenvalue weighted by atomic mass is 32.2. The summed E-state index contributed by atoms with van der Waals surface area (Å²) >= 11 is 3.13. The van der Waals surface area contributed by atoms with Gasteiger partial charge < -0.3 is 16.2 Å². The van der Waals surface area contributed by atoms with Gasteiger partial charge in [0.2, 0.25) is 5.88 Å². The van der Waals surface area contributed by atoms with E-state index in [1.165, 1.54) is 44.1 Å². The Morgan fingerprint density at radius 3 is 2.65 bits per heavy atom. The Bertz CT molecular complexity index is 1000. The predicted octanol–water partition coefficient (Wildman–Crippen LogP) is 3.62. The average Bonchev–Trinajstić information content (AvgIpc) is 3.13. The van der Waals surface area contributed by atoms with Gasteiger partial charge in [0.05, 0.1) is 5.69 Å². The van der Waals surface area contributed by atoms with Crippen molar-refractivity contribution in [2.75, 3.05) is 37.7 Å². The number of thiazole rings is 1. The summed E-state index contributed by atoms with van der Waals surface area (Å²) in [7, 11) is 0. The number of anilines is 2. The second-order valence-electron chi connectivity index (χ2n) is 7.44. The predicted molar refractivity (Wildman–Crippen MR) is 126 cm³/mol. The minimum Gasteiger partial charge on any atom is -0.476 e. The molecule has 0 radical (unpaired) electrons. The van der Waals surface area contributed by atoms with E-state index in [2.05, 4.69) is 26.8 Å². The number of hydrogen-bond acceptors (Lipinski definition) is 10. The van der Waals surface area contributed by atoms with E-state index in [-0.39, 0.29) is 0 Å². The summed E-state index contributed by atoms with van der Waals surface area (Å²) in [4.78, 5) is 21.2. The number of thioether (sulfide) groups is 1. The fourth-order valence-electron chi connectivity index (χ4n) is 3.43. The summed E-state index contributed by atoms with van der Waals surface area (Å²) in [6.45, 7) is 6.01. The van der Waals surface area contributed by atoms with Crippen molar-refractivity contribution in [3.05, 3.63) is 35.0 Å². The molecule has 10 heteroatoms. The molecule has 0 spiro atoms. The largest absolute Gasteiger partial charge is 0.476 e. The number of rotatable bonds is 8. The first-order valence-corrected chi connectivity index (χ1v) is 12.2. The van der Waals surface area contributed by atoms with Crippen molar-refractivity contribution in [2.45, 2.75) is 37.1 Å². The molecule has 0 aliphatic carbocycles. The molecule has 31 heavy (non-hydrogen) atoms. The zero-order chi connectivity index (χ0) is 21.6. The summed E-state index contributed by atoms with van der Waals surface area (Å²) in [5.74, 6) is 2.03. The van der Waals surface area contributed by atoms with Crippen molar-refractivity contribution in [2.24, 2.45) is 0 Å². The Hall–Kier alpha value is -2.43. The van der Waals surface area contributed by atoms with E-state index >= 15 is 0 Å². The number of pyridine rings is 1. The minimum absolute atomic E-state index is 0.371. The SMILES string of the molecule is Cc1sc(-c2ccnc(OCCN3CCCCC3)c2)nc1CSc1nc(N)cc(N)n1. The number of piperidine rings is 1. The number of nitrogens with two attached hydrogens (primary N) is 2. The molecule has 0 saturated carbocycles. The Labute approximate surface area is 190 Å². The van der Waals surface area contributed by atoms with Gasteiger partial charge in [-0.15, -0.1) is 11.3 Å². The molecular formula is C21H27N7OS2. The fourth-order valence-corrected chi connectivity index (χ4v) is 5.33. The van der Waals surface area contributed by atoms with E-state index in [9.17, 15) is 0 Å². The topological polar surface area (TPSA) is 116 Å². The van der Waals surface area contributed by atoms with Gasteiger partial charge in [0.15, 0.2) is 5.16 Å². The van der Waals surface area contributed by atoms with Crippen molar-refractivity contribution in [1.29, 1.82) is 0 Å². The first-order valence-electron chi connectivity index (χ1n) is 10.4. The summed E-state index contributed by atoms with van der Waals surface area (Å²) < 4.78 is 5.92. The Balaban J connectivity index is 1.37. The maximum Gasteiger partial charge on any atom is 0.213 e. The number of likely N-dealkylation sites (tertiary alicyclic amines) is 1. The lowest BCUT2D eigenvalue weighted by atomic mass is 10.1. The van der Waals surface area contributed by atoms with E-state index in [1.807, 2.05) is 12.1 Å². The highest BCUT2D eigenvalue weighted by molar-refractivity contribution is 7.98. The fraction of sp³-hybridized carbons (Fsp3) is 0.429. The van der Waals surface area contributed by atoms with Gasteiger partial charge in [0.25, 0.3) is 0 Å². The third kappa shape index (κ3) is 6.05. The molecular weight excluding hydrogens is 430 g/mol. The maximum absolute atomic E-state index is 5.92. The maximum atomic E-state index is 5.92. The van der Waals surface area contributed by atoms with Gasteiger partial charge in [-0.05, 0) is 38.9 Å². The Kier molecular flexibility index (Phi) is 7.21. The van der Waals surface area contributed by atoms with Crippen LogP contribution in [0, 0.1) is 6.92 Å². The number of nitrogens with zero attached hydrogens (tertiary/aromatic N) is 5. The van der Waals surface area contributed by atoms with Crippen LogP contribution >= 0.6 is 23.1 Å². The zero-order valence-corrected chi connectivity index (χ0v) is 19.2.